The maximum atomic E-state index is 13.0. The van der Waals surface area contributed by atoms with Gasteiger partial charge in [-0.05, 0) is 42.2 Å². The minimum absolute atomic E-state index is 0.286. The van der Waals surface area contributed by atoms with E-state index < -0.39 is 23.4 Å². The molecule has 0 unspecified atom stereocenters. The van der Waals surface area contributed by atoms with Crippen molar-refractivity contribution < 1.29 is 14.4 Å². The zero-order valence-electron chi connectivity index (χ0n) is 17.1. The summed E-state index contributed by atoms with van der Waals surface area (Å²) in [5.41, 5.74) is 2.00. The Morgan fingerprint density at radius 2 is 1.73 bits per heavy atom. The van der Waals surface area contributed by atoms with E-state index in [1.54, 1.807) is 31.2 Å². The summed E-state index contributed by atoms with van der Waals surface area (Å²) >= 11 is 0. The third-order valence-corrected chi connectivity index (χ3v) is 5.17. The lowest BCUT2D eigenvalue weighted by Crippen LogP contribution is -2.42. The normalized spacial score (nSPS) is 18.1. The lowest BCUT2D eigenvalue weighted by atomic mass is 9.91. The summed E-state index contributed by atoms with van der Waals surface area (Å²) in [6.07, 6.45) is 2.26. The van der Waals surface area contributed by atoms with Crippen LogP contribution in [0.25, 0.3) is 0 Å². The summed E-state index contributed by atoms with van der Waals surface area (Å²) in [6.45, 7) is 3.36. The monoisotopic (exact) mass is 404 g/mol. The topological polar surface area (TPSA) is 102 Å². The highest BCUT2D eigenvalue weighted by Crippen LogP contribution is 2.29. The molecule has 30 heavy (non-hydrogen) atoms. The molecule has 1 heterocycles. The van der Waals surface area contributed by atoms with E-state index in [2.05, 4.69) is 23.6 Å². The van der Waals surface area contributed by atoms with Crippen LogP contribution in [0.5, 0.6) is 0 Å². The van der Waals surface area contributed by atoms with Gasteiger partial charge in [-0.2, -0.15) is 5.26 Å². The van der Waals surface area contributed by atoms with E-state index in [4.69, 9.17) is 5.26 Å². The number of hydrogen-bond acceptors (Lipinski definition) is 4. The molecule has 1 atom stereocenters. The fraction of sp³-hybridized carbons (Fsp3) is 0.304. The van der Waals surface area contributed by atoms with E-state index in [1.807, 2.05) is 24.3 Å². The lowest BCUT2D eigenvalue weighted by Gasteiger charge is -2.22. The van der Waals surface area contributed by atoms with Gasteiger partial charge < -0.3 is 10.6 Å². The van der Waals surface area contributed by atoms with Crippen molar-refractivity contribution >= 4 is 23.5 Å². The quantitative estimate of drug-likeness (QED) is 0.692. The van der Waals surface area contributed by atoms with Crippen LogP contribution in [0.1, 0.15) is 37.0 Å². The molecule has 1 aliphatic rings. The van der Waals surface area contributed by atoms with Gasteiger partial charge in [0.15, 0.2) is 0 Å². The number of benzene rings is 2. The van der Waals surface area contributed by atoms with Crippen molar-refractivity contribution in [2.75, 3.05) is 11.9 Å². The molecule has 2 aromatic carbocycles. The standard InChI is InChI=1S/C23H24N4O3/c1-3-4-16-5-9-18(10-6-16)23(2)21(29)27(22(30)26-23)15-20(28)25-19-11-7-17(8-12-19)13-14-24/h5-12H,3-4,13,15H2,1-2H3,(H,25,28)(H,26,30)/t23-/m1/s1. The number of aryl methyl sites for hydroxylation is 1. The van der Waals surface area contributed by atoms with Crippen molar-refractivity contribution in [3.63, 3.8) is 0 Å². The van der Waals surface area contributed by atoms with Crippen LogP contribution in [0.15, 0.2) is 48.5 Å². The predicted molar refractivity (Wildman–Crippen MR) is 112 cm³/mol. The highest BCUT2D eigenvalue weighted by molar-refractivity contribution is 6.10. The lowest BCUT2D eigenvalue weighted by molar-refractivity contribution is -0.133. The van der Waals surface area contributed by atoms with Crippen molar-refractivity contribution in [2.24, 2.45) is 0 Å². The number of hydrogen-bond donors (Lipinski definition) is 2. The molecule has 2 aromatic rings. The van der Waals surface area contributed by atoms with E-state index >= 15 is 0 Å². The first kappa shape index (κ1) is 21.1. The Morgan fingerprint density at radius 1 is 1.10 bits per heavy atom. The van der Waals surface area contributed by atoms with Crippen molar-refractivity contribution in [1.29, 1.82) is 5.26 Å². The molecule has 1 fully saturated rings. The maximum absolute atomic E-state index is 13.0. The summed E-state index contributed by atoms with van der Waals surface area (Å²) < 4.78 is 0. The van der Waals surface area contributed by atoms with Gasteiger partial charge >= 0.3 is 6.03 Å². The van der Waals surface area contributed by atoms with Gasteiger partial charge in [-0.25, -0.2) is 4.79 Å². The molecule has 0 saturated carbocycles. The van der Waals surface area contributed by atoms with E-state index in [-0.39, 0.29) is 13.0 Å². The zero-order chi connectivity index (χ0) is 21.7. The zero-order valence-corrected chi connectivity index (χ0v) is 17.1. The summed E-state index contributed by atoms with van der Waals surface area (Å²) in [7, 11) is 0. The van der Waals surface area contributed by atoms with Crippen LogP contribution in [0.4, 0.5) is 10.5 Å². The van der Waals surface area contributed by atoms with Gasteiger partial charge in [0.25, 0.3) is 5.91 Å². The number of amides is 4. The number of nitrogens with zero attached hydrogens (tertiary/aromatic N) is 2. The molecule has 0 spiro atoms. The number of carbonyl (C=O) groups excluding carboxylic acids is 3. The van der Waals surface area contributed by atoms with E-state index in [0.29, 0.717) is 11.3 Å². The molecule has 154 valence electrons. The second kappa shape index (κ2) is 8.78. The number of imide groups is 1. The molecule has 0 radical (unpaired) electrons. The van der Waals surface area contributed by atoms with Gasteiger partial charge in [0.1, 0.15) is 12.1 Å². The molecule has 4 amide bonds. The van der Waals surface area contributed by atoms with Crippen LogP contribution in [-0.2, 0) is 28.0 Å². The average Bonchev–Trinajstić information content (AvgIpc) is 2.94. The molecule has 1 saturated heterocycles. The molecule has 0 bridgehead atoms. The van der Waals surface area contributed by atoms with Crippen LogP contribution < -0.4 is 10.6 Å². The Hall–Kier alpha value is -3.66. The number of rotatable bonds is 7. The largest absolute Gasteiger partial charge is 0.325 e. The second-order valence-electron chi connectivity index (χ2n) is 7.47. The minimum Gasteiger partial charge on any atom is -0.325 e. The Balaban J connectivity index is 1.68. The number of nitrogens with one attached hydrogen (secondary N) is 2. The van der Waals surface area contributed by atoms with Crippen LogP contribution in [0, 0.1) is 11.3 Å². The molecular formula is C23H24N4O3. The van der Waals surface area contributed by atoms with Gasteiger partial charge in [-0.1, -0.05) is 49.7 Å². The van der Waals surface area contributed by atoms with Gasteiger partial charge in [-0.3, -0.25) is 14.5 Å². The number of carbonyl (C=O) groups is 3. The van der Waals surface area contributed by atoms with E-state index in [0.717, 1.165) is 23.3 Å². The van der Waals surface area contributed by atoms with Crippen LogP contribution in [-0.4, -0.2) is 29.3 Å². The molecule has 1 aliphatic heterocycles. The Kier molecular flexibility index (Phi) is 6.17. The van der Waals surface area contributed by atoms with Crippen molar-refractivity contribution in [3.05, 3.63) is 65.2 Å². The first-order chi connectivity index (χ1) is 14.4. The number of urea groups is 1. The van der Waals surface area contributed by atoms with E-state index in [9.17, 15) is 14.4 Å². The fourth-order valence-corrected chi connectivity index (χ4v) is 3.47. The van der Waals surface area contributed by atoms with Crippen LogP contribution >= 0.6 is 0 Å². The SMILES string of the molecule is CCCc1ccc([C@@]2(C)NC(=O)N(CC(=O)Nc3ccc(CC#N)cc3)C2=O)cc1. The first-order valence-electron chi connectivity index (χ1n) is 9.86. The fourth-order valence-electron chi connectivity index (χ4n) is 3.47. The average molecular weight is 404 g/mol. The first-order valence-corrected chi connectivity index (χ1v) is 9.86. The molecule has 7 nitrogen and oxygen atoms in total. The summed E-state index contributed by atoms with van der Waals surface area (Å²) in [5, 5.41) is 14.1. The Morgan fingerprint density at radius 3 is 2.33 bits per heavy atom. The molecule has 3 rings (SSSR count). The summed E-state index contributed by atoms with van der Waals surface area (Å²) in [5.74, 6) is -0.940. The van der Waals surface area contributed by atoms with E-state index in [1.165, 1.54) is 5.56 Å². The minimum atomic E-state index is -1.21. The van der Waals surface area contributed by atoms with Gasteiger partial charge in [0.2, 0.25) is 5.91 Å². The van der Waals surface area contributed by atoms with Crippen molar-refractivity contribution in [3.8, 4) is 6.07 Å². The van der Waals surface area contributed by atoms with Gasteiger partial charge in [-0.15, -0.1) is 0 Å². The Bertz CT molecular complexity index is 993. The molecular weight excluding hydrogens is 380 g/mol. The van der Waals surface area contributed by atoms with Crippen molar-refractivity contribution in [1.82, 2.24) is 10.2 Å². The second-order valence-corrected chi connectivity index (χ2v) is 7.47. The molecule has 7 heteroatoms. The van der Waals surface area contributed by atoms with Gasteiger partial charge in [0.05, 0.1) is 12.5 Å². The smallest absolute Gasteiger partial charge is 0.325 e. The Labute approximate surface area is 175 Å². The third kappa shape index (κ3) is 4.33. The predicted octanol–water partition coefficient (Wildman–Crippen LogP) is 3.11. The van der Waals surface area contributed by atoms with Crippen molar-refractivity contribution in [2.45, 2.75) is 38.6 Å². The van der Waals surface area contributed by atoms with Gasteiger partial charge in [0, 0.05) is 5.69 Å². The highest BCUT2D eigenvalue weighted by Gasteiger charge is 2.49. The third-order valence-electron chi connectivity index (χ3n) is 5.17. The summed E-state index contributed by atoms with van der Waals surface area (Å²) in [4.78, 5) is 38.7. The maximum Gasteiger partial charge on any atom is 0.325 e. The molecule has 0 aromatic heterocycles. The van der Waals surface area contributed by atoms with Crippen LogP contribution in [0.3, 0.4) is 0 Å². The molecule has 2 N–H and O–H groups in total. The summed E-state index contributed by atoms with van der Waals surface area (Å²) in [6, 6.07) is 15.9. The molecule has 0 aliphatic carbocycles. The highest BCUT2D eigenvalue weighted by atomic mass is 16.2. The number of anilines is 1. The van der Waals surface area contributed by atoms with Crippen LogP contribution in [0.2, 0.25) is 0 Å². The number of nitriles is 1.